The monoisotopic (exact) mass is 284 g/mol. The zero-order valence-corrected chi connectivity index (χ0v) is 11.2. The molecule has 88 valence electrons. The van der Waals surface area contributed by atoms with E-state index in [0.717, 1.165) is 28.6 Å². The molecule has 0 unspecified atom stereocenters. The summed E-state index contributed by atoms with van der Waals surface area (Å²) in [5.41, 5.74) is 1.92. The molecule has 4 heteroatoms. The topological polar surface area (TPSA) is 41.1 Å². The van der Waals surface area contributed by atoms with Gasteiger partial charge in [0.2, 0.25) is 0 Å². The molecule has 0 saturated carbocycles. The number of hydrogen-bond donors (Lipinski definition) is 2. The maximum atomic E-state index is 11.5. The van der Waals surface area contributed by atoms with Crippen LogP contribution in [0.25, 0.3) is 0 Å². The number of urea groups is 1. The minimum Gasteiger partial charge on any atom is -0.338 e. The highest BCUT2D eigenvalue weighted by atomic mass is 79.9. The molecule has 0 fully saturated rings. The van der Waals surface area contributed by atoms with Gasteiger partial charge in [-0.2, -0.15) is 0 Å². The maximum Gasteiger partial charge on any atom is 0.319 e. The molecule has 0 aromatic heterocycles. The highest BCUT2D eigenvalue weighted by Crippen LogP contribution is 2.23. The van der Waals surface area contributed by atoms with Gasteiger partial charge in [-0.25, -0.2) is 4.79 Å². The number of benzene rings is 1. The van der Waals surface area contributed by atoms with Gasteiger partial charge in [-0.3, -0.25) is 0 Å². The lowest BCUT2D eigenvalue weighted by Crippen LogP contribution is -2.29. The fourth-order valence-electron chi connectivity index (χ4n) is 1.28. The number of aryl methyl sites for hydroxylation is 1. The third-order valence-electron chi connectivity index (χ3n) is 2.19. The summed E-state index contributed by atoms with van der Waals surface area (Å²) in [6, 6.07) is 5.70. The third-order valence-corrected chi connectivity index (χ3v) is 2.88. The molecule has 0 saturated heterocycles. The van der Waals surface area contributed by atoms with Gasteiger partial charge in [-0.15, -0.1) is 0 Å². The average Bonchev–Trinajstić information content (AvgIpc) is 2.24. The normalized spacial score (nSPS) is 9.94. The number of halogens is 1. The summed E-state index contributed by atoms with van der Waals surface area (Å²) in [5, 5.41) is 5.62. The molecule has 2 N–H and O–H groups in total. The van der Waals surface area contributed by atoms with Gasteiger partial charge in [0.15, 0.2) is 0 Å². The van der Waals surface area contributed by atoms with Crippen LogP contribution in [-0.4, -0.2) is 12.6 Å². The van der Waals surface area contributed by atoms with Crippen LogP contribution in [0.2, 0.25) is 0 Å². The van der Waals surface area contributed by atoms with Crippen molar-refractivity contribution in [1.82, 2.24) is 5.32 Å². The van der Waals surface area contributed by atoms with Crippen LogP contribution in [0.1, 0.15) is 25.3 Å². The summed E-state index contributed by atoms with van der Waals surface area (Å²) in [5.74, 6) is 0. The van der Waals surface area contributed by atoms with E-state index in [1.165, 1.54) is 0 Å². The quantitative estimate of drug-likeness (QED) is 0.814. The molecule has 1 rings (SSSR count). The standard InChI is InChI=1S/C12H17BrN2O/c1-3-4-7-14-12(16)15-11-8-9(2)5-6-10(11)13/h5-6,8H,3-4,7H2,1-2H3,(H2,14,15,16). The molecule has 1 aromatic rings. The van der Waals surface area contributed by atoms with E-state index in [1.807, 2.05) is 25.1 Å². The second-order valence-electron chi connectivity index (χ2n) is 3.72. The summed E-state index contributed by atoms with van der Waals surface area (Å²) in [6.07, 6.45) is 2.08. The molecule has 16 heavy (non-hydrogen) atoms. The van der Waals surface area contributed by atoms with Gasteiger partial charge in [-0.05, 0) is 47.0 Å². The molecule has 0 aliphatic rings. The Kier molecular flexibility index (Phi) is 5.32. The van der Waals surface area contributed by atoms with Crippen LogP contribution in [0.4, 0.5) is 10.5 Å². The molecule has 0 bridgehead atoms. The van der Waals surface area contributed by atoms with Crippen molar-refractivity contribution in [2.24, 2.45) is 0 Å². The van der Waals surface area contributed by atoms with Crippen LogP contribution in [0.3, 0.4) is 0 Å². The van der Waals surface area contributed by atoms with Crippen molar-refractivity contribution in [3.8, 4) is 0 Å². The zero-order chi connectivity index (χ0) is 12.0. The number of amides is 2. The molecule has 3 nitrogen and oxygen atoms in total. The van der Waals surface area contributed by atoms with Crippen LogP contribution in [0.5, 0.6) is 0 Å². The second-order valence-corrected chi connectivity index (χ2v) is 4.57. The van der Waals surface area contributed by atoms with E-state index >= 15 is 0 Å². The summed E-state index contributed by atoms with van der Waals surface area (Å²) >= 11 is 3.40. The van der Waals surface area contributed by atoms with E-state index in [-0.39, 0.29) is 6.03 Å². The Morgan fingerprint density at radius 3 is 2.88 bits per heavy atom. The van der Waals surface area contributed by atoms with Crippen LogP contribution in [0, 0.1) is 6.92 Å². The van der Waals surface area contributed by atoms with E-state index in [9.17, 15) is 4.79 Å². The minimum absolute atomic E-state index is 0.153. The van der Waals surface area contributed by atoms with E-state index in [2.05, 4.69) is 33.5 Å². The molecular weight excluding hydrogens is 268 g/mol. The van der Waals surface area contributed by atoms with Crippen molar-refractivity contribution in [2.45, 2.75) is 26.7 Å². The Hall–Kier alpha value is -1.03. The van der Waals surface area contributed by atoms with E-state index in [4.69, 9.17) is 0 Å². The summed E-state index contributed by atoms with van der Waals surface area (Å²) in [7, 11) is 0. The van der Waals surface area contributed by atoms with Gasteiger partial charge in [-0.1, -0.05) is 19.4 Å². The first-order chi connectivity index (χ1) is 7.63. The Morgan fingerprint density at radius 2 is 2.19 bits per heavy atom. The van der Waals surface area contributed by atoms with Gasteiger partial charge in [0, 0.05) is 11.0 Å². The molecule has 2 amide bonds. The Labute approximate surface area is 105 Å². The number of unbranched alkanes of at least 4 members (excludes halogenated alkanes) is 1. The number of rotatable bonds is 4. The molecule has 1 aromatic carbocycles. The van der Waals surface area contributed by atoms with Gasteiger partial charge in [0.05, 0.1) is 5.69 Å². The first-order valence-electron chi connectivity index (χ1n) is 5.44. The molecule has 0 aliphatic heterocycles. The Balaban J connectivity index is 2.52. The molecule has 0 atom stereocenters. The molecule has 0 spiro atoms. The first-order valence-corrected chi connectivity index (χ1v) is 6.23. The van der Waals surface area contributed by atoms with E-state index < -0.39 is 0 Å². The third kappa shape index (κ3) is 4.23. The van der Waals surface area contributed by atoms with Crippen molar-refractivity contribution in [3.63, 3.8) is 0 Å². The maximum absolute atomic E-state index is 11.5. The first kappa shape index (κ1) is 13.0. The highest BCUT2D eigenvalue weighted by molar-refractivity contribution is 9.10. The van der Waals surface area contributed by atoms with Crippen molar-refractivity contribution in [3.05, 3.63) is 28.2 Å². The smallest absolute Gasteiger partial charge is 0.319 e. The zero-order valence-electron chi connectivity index (χ0n) is 9.64. The van der Waals surface area contributed by atoms with Crippen molar-refractivity contribution < 1.29 is 4.79 Å². The SMILES string of the molecule is CCCCNC(=O)Nc1cc(C)ccc1Br. The van der Waals surface area contributed by atoms with Crippen LogP contribution < -0.4 is 10.6 Å². The summed E-state index contributed by atoms with van der Waals surface area (Å²) in [4.78, 5) is 11.5. The number of hydrogen-bond acceptors (Lipinski definition) is 1. The highest BCUT2D eigenvalue weighted by Gasteiger charge is 2.04. The van der Waals surface area contributed by atoms with Crippen LogP contribution in [0.15, 0.2) is 22.7 Å². The molecule has 0 heterocycles. The van der Waals surface area contributed by atoms with Gasteiger partial charge in [0.1, 0.15) is 0 Å². The van der Waals surface area contributed by atoms with Crippen molar-refractivity contribution >= 4 is 27.6 Å². The lowest BCUT2D eigenvalue weighted by molar-refractivity contribution is 0.252. The van der Waals surface area contributed by atoms with Crippen molar-refractivity contribution in [2.75, 3.05) is 11.9 Å². The predicted octanol–water partition coefficient (Wildman–Crippen LogP) is 3.68. The average molecular weight is 285 g/mol. The number of carbonyl (C=O) groups is 1. The lowest BCUT2D eigenvalue weighted by atomic mass is 10.2. The molecule has 0 aliphatic carbocycles. The molecule has 0 radical (unpaired) electrons. The van der Waals surface area contributed by atoms with Gasteiger partial charge < -0.3 is 10.6 Å². The summed E-state index contributed by atoms with van der Waals surface area (Å²) in [6.45, 7) is 4.80. The molecular formula is C12H17BrN2O. The minimum atomic E-state index is -0.153. The van der Waals surface area contributed by atoms with E-state index in [1.54, 1.807) is 0 Å². The summed E-state index contributed by atoms with van der Waals surface area (Å²) < 4.78 is 0.892. The number of anilines is 1. The largest absolute Gasteiger partial charge is 0.338 e. The number of nitrogens with one attached hydrogen (secondary N) is 2. The van der Waals surface area contributed by atoms with Gasteiger partial charge in [0.25, 0.3) is 0 Å². The van der Waals surface area contributed by atoms with Crippen LogP contribution >= 0.6 is 15.9 Å². The second kappa shape index (κ2) is 6.53. The fourth-order valence-corrected chi connectivity index (χ4v) is 1.63. The van der Waals surface area contributed by atoms with Crippen LogP contribution in [-0.2, 0) is 0 Å². The Morgan fingerprint density at radius 1 is 1.44 bits per heavy atom. The van der Waals surface area contributed by atoms with E-state index in [0.29, 0.717) is 6.54 Å². The van der Waals surface area contributed by atoms with Gasteiger partial charge >= 0.3 is 6.03 Å². The number of carbonyl (C=O) groups excluding carboxylic acids is 1. The van der Waals surface area contributed by atoms with Crippen molar-refractivity contribution in [1.29, 1.82) is 0 Å². The Bertz CT molecular complexity index is 366. The fraction of sp³-hybridized carbons (Fsp3) is 0.417. The predicted molar refractivity (Wildman–Crippen MR) is 70.8 cm³/mol. The lowest BCUT2D eigenvalue weighted by Gasteiger charge is -2.09.